The molecule has 2 rings (SSSR count). The molecule has 1 aromatic heterocycles. The molecule has 1 N–H and O–H groups in total. The quantitative estimate of drug-likeness (QED) is 0.741. The number of nitrogens with zero attached hydrogens (tertiary/aromatic N) is 1. The second-order valence-electron chi connectivity index (χ2n) is 3.38. The van der Waals surface area contributed by atoms with E-state index in [1.165, 1.54) is 0 Å². The van der Waals surface area contributed by atoms with E-state index < -0.39 is 0 Å². The Labute approximate surface area is 82.4 Å². The van der Waals surface area contributed by atoms with Crippen molar-refractivity contribution in [3.63, 3.8) is 0 Å². The summed E-state index contributed by atoms with van der Waals surface area (Å²) in [6.07, 6.45) is 2.29. The van der Waals surface area contributed by atoms with Crippen LogP contribution in [-0.4, -0.2) is 18.2 Å². The van der Waals surface area contributed by atoms with Crippen molar-refractivity contribution in [2.75, 3.05) is 13.1 Å². The summed E-state index contributed by atoms with van der Waals surface area (Å²) in [5.74, 6) is 1.75. The van der Waals surface area contributed by atoms with Gasteiger partial charge in [-0.1, -0.05) is 5.16 Å². The van der Waals surface area contributed by atoms with Crippen molar-refractivity contribution < 1.29 is 4.52 Å². The third kappa shape index (κ3) is 2.03. The molecule has 0 aromatic carbocycles. The minimum absolute atomic E-state index is 0.415. The molecule has 0 radical (unpaired) electrons. The molecule has 1 fully saturated rings. The number of piperidine rings is 1. The lowest BCUT2D eigenvalue weighted by Crippen LogP contribution is -2.26. The molecule has 72 valence electrons. The van der Waals surface area contributed by atoms with E-state index in [-0.39, 0.29) is 0 Å². The molecule has 0 bridgehead atoms. The van der Waals surface area contributed by atoms with Gasteiger partial charge in [0.25, 0.3) is 0 Å². The number of hydrogen-bond acceptors (Lipinski definition) is 3. The second kappa shape index (κ2) is 4.11. The fraction of sp³-hybridized carbons (Fsp3) is 0.667. The average molecular weight is 201 g/mol. The van der Waals surface area contributed by atoms with Gasteiger partial charge in [-0.15, -0.1) is 11.6 Å². The Bertz CT molecular complexity index is 268. The zero-order valence-corrected chi connectivity index (χ0v) is 8.18. The van der Waals surface area contributed by atoms with Gasteiger partial charge in [-0.3, -0.25) is 0 Å². The molecule has 0 atom stereocenters. The summed E-state index contributed by atoms with van der Waals surface area (Å²) in [5, 5.41) is 7.34. The van der Waals surface area contributed by atoms with E-state index in [0.29, 0.717) is 11.8 Å². The van der Waals surface area contributed by atoms with Crippen LogP contribution >= 0.6 is 11.6 Å². The molecule has 1 saturated heterocycles. The Kier molecular flexibility index (Phi) is 2.86. The zero-order valence-electron chi connectivity index (χ0n) is 7.42. The summed E-state index contributed by atoms with van der Waals surface area (Å²) in [6.45, 7) is 2.15. The highest BCUT2D eigenvalue weighted by molar-refractivity contribution is 6.16. The van der Waals surface area contributed by atoms with Crippen LogP contribution in [0.3, 0.4) is 0 Å². The van der Waals surface area contributed by atoms with Crippen LogP contribution in [-0.2, 0) is 5.88 Å². The average Bonchev–Trinajstić information content (AvgIpc) is 2.67. The van der Waals surface area contributed by atoms with Crippen molar-refractivity contribution in [1.29, 1.82) is 0 Å². The van der Waals surface area contributed by atoms with Gasteiger partial charge >= 0.3 is 0 Å². The molecule has 0 amide bonds. The van der Waals surface area contributed by atoms with Gasteiger partial charge in [0.05, 0.1) is 11.6 Å². The Morgan fingerprint density at radius 3 is 2.92 bits per heavy atom. The topological polar surface area (TPSA) is 38.1 Å². The fourth-order valence-corrected chi connectivity index (χ4v) is 1.83. The first-order valence-corrected chi connectivity index (χ1v) is 5.16. The van der Waals surface area contributed by atoms with E-state index in [2.05, 4.69) is 10.5 Å². The van der Waals surface area contributed by atoms with Crippen LogP contribution in [0.2, 0.25) is 0 Å². The number of aromatic nitrogens is 1. The first-order valence-electron chi connectivity index (χ1n) is 4.62. The van der Waals surface area contributed by atoms with Crippen LogP contribution in [0.25, 0.3) is 0 Å². The van der Waals surface area contributed by atoms with E-state index in [4.69, 9.17) is 16.1 Å². The highest BCUT2D eigenvalue weighted by Gasteiger charge is 2.18. The first-order chi connectivity index (χ1) is 6.40. The molecule has 0 aliphatic carbocycles. The molecule has 1 aliphatic rings. The Balaban J connectivity index is 2.05. The van der Waals surface area contributed by atoms with Gasteiger partial charge in [-0.25, -0.2) is 0 Å². The number of nitrogens with one attached hydrogen (secondary N) is 1. The van der Waals surface area contributed by atoms with E-state index in [9.17, 15) is 0 Å². The van der Waals surface area contributed by atoms with Gasteiger partial charge in [0.2, 0.25) is 0 Å². The predicted octanol–water partition coefficient (Wildman–Crippen LogP) is 1.88. The summed E-state index contributed by atoms with van der Waals surface area (Å²) in [6, 6.07) is 1.98. The van der Waals surface area contributed by atoms with Crippen LogP contribution in [0.1, 0.15) is 30.2 Å². The largest absolute Gasteiger partial charge is 0.360 e. The second-order valence-corrected chi connectivity index (χ2v) is 3.64. The molecule has 1 aromatic rings. The normalized spacial score (nSPS) is 19.2. The Hall–Kier alpha value is -0.540. The molecule has 0 spiro atoms. The van der Waals surface area contributed by atoms with E-state index in [1.807, 2.05) is 6.07 Å². The van der Waals surface area contributed by atoms with Crippen LogP contribution in [0.4, 0.5) is 0 Å². The number of rotatable bonds is 2. The molecular weight excluding hydrogens is 188 g/mol. The fourth-order valence-electron chi connectivity index (χ4n) is 1.70. The molecular formula is C9H13ClN2O. The third-order valence-corrected chi connectivity index (χ3v) is 2.73. The van der Waals surface area contributed by atoms with E-state index in [0.717, 1.165) is 37.4 Å². The van der Waals surface area contributed by atoms with Crippen LogP contribution in [0, 0.1) is 0 Å². The monoisotopic (exact) mass is 200 g/mol. The van der Waals surface area contributed by atoms with Crippen molar-refractivity contribution in [3.8, 4) is 0 Å². The number of alkyl halides is 1. The smallest absolute Gasteiger partial charge is 0.151 e. The Morgan fingerprint density at radius 2 is 2.31 bits per heavy atom. The summed E-state index contributed by atoms with van der Waals surface area (Å²) >= 11 is 5.63. The van der Waals surface area contributed by atoms with Crippen molar-refractivity contribution >= 4 is 11.6 Å². The highest BCUT2D eigenvalue weighted by Crippen LogP contribution is 2.24. The van der Waals surface area contributed by atoms with Crippen molar-refractivity contribution in [1.82, 2.24) is 10.5 Å². The van der Waals surface area contributed by atoms with Crippen molar-refractivity contribution in [2.24, 2.45) is 0 Å². The van der Waals surface area contributed by atoms with Gasteiger partial charge in [-0.2, -0.15) is 0 Å². The number of halogens is 1. The van der Waals surface area contributed by atoms with Gasteiger partial charge in [0, 0.05) is 12.0 Å². The highest BCUT2D eigenvalue weighted by atomic mass is 35.5. The zero-order chi connectivity index (χ0) is 9.10. The Morgan fingerprint density at radius 1 is 1.54 bits per heavy atom. The molecule has 0 saturated carbocycles. The third-order valence-electron chi connectivity index (χ3n) is 2.47. The lowest BCUT2D eigenvalue weighted by atomic mass is 9.95. The van der Waals surface area contributed by atoms with Gasteiger partial charge in [0.15, 0.2) is 5.76 Å². The van der Waals surface area contributed by atoms with Crippen molar-refractivity contribution in [3.05, 3.63) is 17.5 Å². The van der Waals surface area contributed by atoms with Crippen molar-refractivity contribution in [2.45, 2.75) is 24.6 Å². The van der Waals surface area contributed by atoms with Crippen LogP contribution < -0.4 is 5.32 Å². The summed E-state index contributed by atoms with van der Waals surface area (Å²) in [5.41, 5.74) is 1.07. The molecule has 1 aliphatic heterocycles. The molecule has 13 heavy (non-hydrogen) atoms. The summed E-state index contributed by atoms with van der Waals surface area (Å²) in [4.78, 5) is 0. The standard InChI is InChI=1S/C9H13ClN2O/c10-6-8-5-9(12-13-8)7-1-3-11-4-2-7/h5,7,11H,1-4,6H2. The van der Waals surface area contributed by atoms with Gasteiger partial charge in [0.1, 0.15) is 0 Å². The maximum absolute atomic E-state index is 5.63. The van der Waals surface area contributed by atoms with Gasteiger partial charge in [-0.05, 0) is 25.9 Å². The van der Waals surface area contributed by atoms with Gasteiger partial charge < -0.3 is 9.84 Å². The van der Waals surface area contributed by atoms with Crippen LogP contribution in [0.5, 0.6) is 0 Å². The minimum atomic E-state index is 0.415. The number of hydrogen-bond donors (Lipinski definition) is 1. The first kappa shape index (κ1) is 9.03. The van der Waals surface area contributed by atoms with E-state index >= 15 is 0 Å². The minimum Gasteiger partial charge on any atom is -0.360 e. The molecule has 3 nitrogen and oxygen atoms in total. The van der Waals surface area contributed by atoms with Crippen LogP contribution in [0.15, 0.2) is 10.6 Å². The lowest BCUT2D eigenvalue weighted by molar-refractivity contribution is 0.369. The maximum atomic E-state index is 5.63. The molecule has 0 unspecified atom stereocenters. The predicted molar refractivity (Wildman–Crippen MR) is 50.9 cm³/mol. The molecule has 2 heterocycles. The summed E-state index contributed by atoms with van der Waals surface area (Å²) in [7, 11) is 0. The van der Waals surface area contributed by atoms with E-state index in [1.54, 1.807) is 0 Å². The SMILES string of the molecule is ClCc1cc(C2CCNCC2)no1. The molecule has 4 heteroatoms. The summed E-state index contributed by atoms with van der Waals surface area (Å²) < 4.78 is 5.06. The maximum Gasteiger partial charge on any atom is 0.151 e. The lowest BCUT2D eigenvalue weighted by Gasteiger charge is -2.19.